The minimum atomic E-state index is -0.254. The van der Waals surface area contributed by atoms with Crippen molar-refractivity contribution in [1.82, 2.24) is 10.6 Å². The summed E-state index contributed by atoms with van der Waals surface area (Å²) in [6.45, 7) is 8.62. The predicted molar refractivity (Wildman–Crippen MR) is 84.0 cm³/mol. The third-order valence-electron chi connectivity index (χ3n) is 3.13. The third-order valence-corrected chi connectivity index (χ3v) is 3.13. The molecule has 0 aliphatic carbocycles. The van der Waals surface area contributed by atoms with Crippen LogP contribution >= 0.6 is 0 Å². The smallest absolute Gasteiger partial charge is 0.191 e. The van der Waals surface area contributed by atoms with Gasteiger partial charge in [-0.2, -0.15) is 0 Å². The Morgan fingerprint density at radius 2 is 2.05 bits per heavy atom. The molecule has 114 valence electrons. The first kappa shape index (κ1) is 15.4. The van der Waals surface area contributed by atoms with E-state index in [1.807, 2.05) is 6.92 Å². The van der Waals surface area contributed by atoms with Gasteiger partial charge in [-0.1, -0.05) is 0 Å². The van der Waals surface area contributed by atoms with Crippen LogP contribution in [0.1, 0.15) is 32.1 Å². The van der Waals surface area contributed by atoms with Gasteiger partial charge in [-0.25, -0.2) is 4.39 Å². The number of nitrogens with zero attached hydrogens (tertiary/aromatic N) is 1. The van der Waals surface area contributed by atoms with Crippen LogP contribution < -0.4 is 10.6 Å². The first-order chi connectivity index (χ1) is 9.80. The standard InChI is InChI=1S/C16H22FN3O/c1-10-12-8-11(17)6-7-13(12)21-14(10)9-19-15(18-5)20-16(2,3)4/h6-8H,9H2,1-5H3,(H2,18,19,20). The van der Waals surface area contributed by atoms with Crippen LogP contribution in [0, 0.1) is 12.7 Å². The second-order valence-electron chi connectivity index (χ2n) is 6.09. The first-order valence-corrected chi connectivity index (χ1v) is 6.96. The molecule has 0 unspecified atom stereocenters. The molecular formula is C16H22FN3O. The van der Waals surface area contributed by atoms with Gasteiger partial charge in [-0.3, -0.25) is 4.99 Å². The van der Waals surface area contributed by atoms with Crippen LogP contribution in [0.15, 0.2) is 27.6 Å². The lowest BCUT2D eigenvalue weighted by atomic mass is 10.1. The maximum atomic E-state index is 13.3. The molecule has 2 N–H and O–H groups in total. The Morgan fingerprint density at radius 1 is 1.33 bits per heavy atom. The van der Waals surface area contributed by atoms with Crippen molar-refractivity contribution in [2.24, 2.45) is 4.99 Å². The molecule has 0 aliphatic heterocycles. The maximum absolute atomic E-state index is 13.3. The highest BCUT2D eigenvalue weighted by molar-refractivity contribution is 5.83. The number of benzene rings is 1. The van der Waals surface area contributed by atoms with Crippen LogP contribution in [-0.4, -0.2) is 18.5 Å². The number of fused-ring (bicyclic) bond motifs is 1. The zero-order valence-corrected chi connectivity index (χ0v) is 13.2. The molecule has 21 heavy (non-hydrogen) atoms. The van der Waals surface area contributed by atoms with Gasteiger partial charge in [0.1, 0.15) is 17.2 Å². The largest absolute Gasteiger partial charge is 0.459 e. The molecule has 5 heteroatoms. The lowest BCUT2D eigenvalue weighted by Crippen LogP contribution is -2.47. The SMILES string of the molecule is CN=C(NCc1oc2ccc(F)cc2c1C)NC(C)(C)C. The number of hydrogen-bond donors (Lipinski definition) is 2. The molecule has 1 heterocycles. The Labute approximate surface area is 124 Å². The van der Waals surface area contributed by atoms with Crippen molar-refractivity contribution in [2.75, 3.05) is 7.05 Å². The highest BCUT2D eigenvalue weighted by Crippen LogP contribution is 2.25. The lowest BCUT2D eigenvalue weighted by molar-refractivity contribution is 0.492. The van der Waals surface area contributed by atoms with Crippen molar-refractivity contribution in [3.8, 4) is 0 Å². The van der Waals surface area contributed by atoms with Crippen molar-refractivity contribution in [3.05, 3.63) is 35.3 Å². The number of furan rings is 1. The quantitative estimate of drug-likeness (QED) is 0.659. The number of hydrogen-bond acceptors (Lipinski definition) is 2. The number of aliphatic imine (C=N–C) groups is 1. The van der Waals surface area contributed by atoms with E-state index < -0.39 is 0 Å². The van der Waals surface area contributed by atoms with E-state index in [0.29, 0.717) is 18.1 Å². The second-order valence-corrected chi connectivity index (χ2v) is 6.09. The Hall–Kier alpha value is -2.04. The Kier molecular flexibility index (Phi) is 4.21. The van der Waals surface area contributed by atoms with Crippen LogP contribution in [0.5, 0.6) is 0 Å². The van der Waals surface area contributed by atoms with Crippen molar-refractivity contribution in [2.45, 2.75) is 39.8 Å². The van der Waals surface area contributed by atoms with Gasteiger partial charge in [0.25, 0.3) is 0 Å². The normalized spacial score (nSPS) is 12.8. The molecule has 1 aromatic heterocycles. The fraction of sp³-hybridized carbons (Fsp3) is 0.438. The Balaban J connectivity index is 2.15. The van der Waals surface area contributed by atoms with Crippen molar-refractivity contribution < 1.29 is 8.81 Å². The summed E-state index contributed by atoms with van der Waals surface area (Å²) in [6.07, 6.45) is 0. The van der Waals surface area contributed by atoms with E-state index >= 15 is 0 Å². The number of nitrogens with one attached hydrogen (secondary N) is 2. The molecule has 0 spiro atoms. The van der Waals surface area contributed by atoms with Crippen LogP contribution in [0.4, 0.5) is 4.39 Å². The van der Waals surface area contributed by atoms with Crippen LogP contribution in [-0.2, 0) is 6.54 Å². The molecular weight excluding hydrogens is 269 g/mol. The molecule has 0 radical (unpaired) electrons. The molecule has 0 aliphatic rings. The van der Waals surface area contributed by atoms with E-state index in [-0.39, 0.29) is 11.4 Å². The second kappa shape index (κ2) is 5.76. The molecule has 2 rings (SSSR count). The summed E-state index contributed by atoms with van der Waals surface area (Å²) in [4.78, 5) is 4.18. The topological polar surface area (TPSA) is 49.6 Å². The average molecular weight is 291 g/mol. The summed E-state index contributed by atoms with van der Waals surface area (Å²) >= 11 is 0. The summed E-state index contributed by atoms with van der Waals surface area (Å²) in [7, 11) is 1.72. The first-order valence-electron chi connectivity index (χ1n) is 6.96. The summed E-state index contributed by atoms with van der Waals surface area (Å²) in [5.41, 5.74) is 1.57. The van der Waals surface area contributed by atoms with Crippen molar-refractivity contribution in [3.63, 3.8) is 0 Å². The van der Waals surface area contributed by atoms with Crippen molar-refractivity contribution >= 4 is 16.9 Å². The molecule has 0 atom stereocenters. The molecule has 1 aromatic carbocycles. The summed E-state index contributed by atoms with van der Waals surface area (Å²) in [5.74, 6) is 1.23. The number of aryl methyl sites for hydroxylation is 1. The van der Waals surface area contributed by atoms with Gasteiger partial charge in [-0.05, 0) is 45.9 Å². The molecule has 0 bridgehead atoms. The zero-order chi connectivity index (χ0) is 15.6. The van der Waals surface area contributed by atoms with E-state index in [9.17, 15) is 4.39 Å². The Morgan fingerprint density at radius 3 is 2.67 bits per heavy atom. The minimum Gasteiger partial charge on any atom is -0.459 e. The van der Waals surface area contributed by atoms with E-state index in [2.05, 4.69) is 36.4 Å². The van der Waals surface area contributed by atoms with Gasteiger partial charge < -0.3 is 15.1 Å². The third kappa shape index (κ3) is 3.74. The monoisotopic (exact) mass is 291 g/mol. The molecule has 0 fully saturated rings. The average Bonchev–Trinajstić information content (AvgIpc) is 2.70. The zero-order valence-electron chi connectivity index (χ0n) is 13.2. The number of guanidine groups is 1. The lowest BCUT2D eigenvalue weighted by Gasteiger charge is -2.23. The van der Waals surface area contributed by atoms with E-state index in [1.54, 1.807) is 13.1 Å². The van der Waals surface area contributed by atoms with Gasteiger partial charge in [0, 0.05) is 23.5 Å². The molecule has 0 saturated carbocycles. The molecule has 0 saturated heterocycles. The van der Waals surface area contributed by atoms with E-state index in [1.165, 1.54) is 12.1 Å². The van der Waals surface area contributed by atoms with Crippen LogP contribution in [0.25, 0.3) is 11.0 Å². The Bertz CT molecular complexity index is 668. The molecule has 4 nitrogen and oxygen atoms in total. The van der Waals surface area contributed by atoms with Crippen molar-refractivity contribution in [1.29, 1.82) is 0 Å². The van der Waals surface area contributed by atoms with Crippen LogP contribution in [0.2, 0.25) is 0 Å². The molecule has 2 aromatic rings. The predicted octanol–water partition coefficient (Wildman–Crippen LogP) is 3.34. The van der Waals surface area contributed by atoms with Gasteiger partial charge in [0.15, 0.2) is 5.96 Å². The fourth-order valence-electron chi connectivity index (χ4n) is 2.11. The number of halogens is 1. The van der Waals surface area contributed by atoms with Gasteiger partial charge in [0.05, 0.1) is 6.54 Å². The summed E-state index contributed by atoms with van der Waals surface area (Å²) in [5, 5.41) is 7.30. The van der Waals surface area contributed by atoms with E-state index in [4.69, 9.17) is 4.42 Å². The van der Waals surface area contributed by atoms with Gasteiger partial charge >= 0.3 is 0 Å². The van der Waals surface area contributed by atoms with E-state index in [0.717, 1.165) is 16.7 Å². The summed E-state index contributed by atoms with van der Waals surface area (Å²) < 4.78 is 19.1. The maximum Gasteiger partial charge on any atom is 0.191 e. The highest BCUT2D eigenvalue weighted by Gasteiger charge is 2.14. The number of rotatable bonds is 2. The highest BCUT2D eigenvalue weighted by atomic mass is 19.1. The fourth-order valence-corrected chi connectivity index (χ4v) is 2.11. The minimum absolute atomic E-state index is 0.0755. The van der Waals surface area contributed by atoms with Gasteiger partial charge in [0.2, 0.25) is 0 Å². The van der Waals surface area contributed by atoms with Crippen LogP contribution in [0.3, 0.4) is 0 Å². The molecule has 0 amide bonds. The summed E-state index contributed by atoms with van der Waals surface area (Å²) in [6, 6.07) is 4.56. The van der Waals surface area contributed by atoms with Gasteiger partial charge in [-0.15, -0.1) is 0 Å².